The van der Waals surface area contributed by atoms with Crippen molar-refractivity contribution in [2.24, 2.45) is 0 Å². The minimum atomic E-state index is -0.583. The number of hydrogen-bond acceptors (Lipinski definition) is 5. The average molecular weight is 367 g/mol. The fourth-order valence-electron chi connectivity index (χ4n) is 3.24. The topological polar surface area (TPSA) is 75.3 Å². The molecule has 1 amide bonds. The van der Waals surface area contributed by atoms with Gasteiger partial charge >= 0.3 is 5.97 Å². The second kappa shape index (κ2) is 7.13. The maximum Gasteiger partial charge on any atom is 0.356 e. The van der Waals surface area contributed by atoms with E-state index in [4.69, 9.17) is 4.74 Å². The highest BCUT2D eigenvalue weighted by molar-refractivity contribution is 7.10. The second-order valence-electron chi connectivity index (χ2n) is 6.00. The molecule has 0 radical (unpaired) electrons. The van der Waals surface area contributed by atoms with Crippen molar-refractivity contribution in [3.63, 3.8) is 0 Å². The van der Waals surface area contributed by atoms with E-state index in [1.807, 2.05) is 30.3 Å². The van der Waals surface area contributed by atoms with Crippen molar-refractivity contribution < 1.29 is 14.3 Å². The van der Waals surface area contributed by atoms with Crippen molar-refractivity contribution >= 4 is 23.2 Å². The number of fused-ring (bicyclic) bond motifs is 1. The first kappa shape index (κ1) is 16.5. The molecule has 4 rings (SSSR count). The molecule has 6 nitrogen and oxygen atoms in total. The minimum absolute atomic E-state index is 0.149. The molecule has 3 heterocycles. The van der Waals surface area contributed by atoms with Gasteiger partial charge < -0.3 is 9.64 Å². The van der Waals surface area contributed by atoms with Gasteiger partial charge in [-0.3, -0.25) is 9.89 Å². The number of benzene rings is 1. The molecule has 0 aliphatic carbocycles. The Morgan fingerprint density at radius 3 is 2.85 bits per heavy atom. The van der Waals surface area contributed by atoms with E-state index < -0.39 is 5.97 Å². The number of ether oxygens (including phenoxy) is 1. The fourth-order valence-corrected chi connectivity index (χ4v) is 4.14. The Hall–Kier alpha value is -2.93. The number of nitrogens with one attached hydrogen (secondary N) is 1. The van der Waals surface area contributed by atoms with Crippen LogP contribution >= 0.6 is 11.3 Å². The van der Waals surface area contributed by atoms with Gasteiger partial charge in [0.1, 0.15) is 5.69 Å². The van der Waals surface area contributed by atoms with Crippen LogP contribution in [0.25, 0.3) is 0 Å². The Bertz CT molecular complexity index is 905. The molecule has 3 aromatic rings. The number of esters is 1. The van der Waals surface area contributed by atoms with Crippen molar-refractivity contribution in [3.05, 3.63) is 75.7 Å². The van der Waals surface area contributed by atoms with Gasteiger partial charge in [0.2, 0.25) is 0 Å². The van der Waals surface area contributed by atoms with E-state index in [2.05, 4.69) is 21.6 Å². The summed E-state index contributed by atoms with van der Waals surface area (Å²) in [5.41, 5.74) is 2.44. The number of hydrogen-bond donors (Lipinski definition) is 1. The second-order valence-corrected chi connectivity index (χ2v) is 7.00. The first-order chi connectivity index (χ1) is 12.7. The Balaban J connectivity index is 1.54. The third kappa shape index (κ3) is 3.13. The summed E-state index contributed by atoms with van der Waals surface area (Å²) in [6.45, 7) is 0.314. The maximum atomic E-state index is 12.8. The van der Waals surface area contributed by atoms with Gasteiger partial charge in [0, 0.05) is 17.6 Å². The summed E-state index contributed by atoms with van der Waals surface area (Å²) >= 11 is 1.72. The molecular formula is C19H17N3O3S. The lowest BCUT2D eigenvalue weighted by Gasteiger charge is -2.36. The number of amides is 1. The Morgan fingerprint density at radius 1 is 1.23 bits per heavy atom. The molecule has 0 spiro atoms. The van der Waals surface area contributed by atoms with Crippen molar-refractivity contribution in [3.8, 4) is 0 Å². The van der Waals surface area contributed by atoms with E-state index in [0.717, 1.165) is 17.5 Å². The van der Waals surface area contributed by atoms with Crippen LogP contribution in [-0.4, -0.2) is 40.1 Å². The molecule has 0 saturated carbocycles. The van der Waals surface area contributed by atoms with Gasteiger partial charge in [0.05, 0.1) is 6.04 Å². The fraction of sp³-hybridized carbons (Fsp3) is 0.211. The van der Waals surface area contributed by atoms with Crippen LogP contribution < -0.4 is 0 Å². The molecular weight excluding hydrogens is 350 g/mol. The van der Waals surface area contributed by atoms with Crippen LogP contribution in [0.5, 0.6) is 0 Å². The van der Waals surface area contributed by atoms with Crippen LogP contribution in [0.15, 0.2) is 54.0 Å². The van der Waals surface area contributed by atoms with Gasteiger partial charge in [-0.05, 0) is 35.1 Å². The van der Waals surface area contributed by atoms with Gasteiger partial charge in [-0.25, -0.2) is 4.79 Å². The molecule has 2 aromatic heterocycles. The average Bonchev–Trinajstić information content (AvgIpc) is 3.37. The molecule has 1 N–H and O–H groups in total. The molecule has 0 bridgehead atoms. The standard InChI is InChI=1S/C19H17N3O3S/c23-17(12-25-19(24)15-6-9-20-21-15)22-10-7-16-14(8-11-26-16)18(22)13-4-2-1-3-5-13/h1-6,8-9,11,18H,7,10,12H2,(H,20,21). The van der Waals surface area contributed by atoms with Gasteiger partial charge in [0.25, 0.3) is 5.91 Å². The molecule has 1 atom stereocenters. The largest absolute Gasteiger partial charge is 0.451 e. The number of H-pyrrole nitrogens is 1. The van der Waals surface area contributed by atoms with E-state index in [0.29, 0.717) is 6.54 Å². The van der Waals surface area contributed by atoms with Gasteiger partial charge in [-0.15, -0.1) is 11.3 Å². The smallest absolute Gasteiger partial charge is 0.356 e. The molecule has 0 fully saturated rings. The zero-order chi connectivity index (χ0) is 17.9. The molecule has 1 unspecified atom stereocenters. The van der Waals surface area contributed by atoms with Gasteiger partial charge in [-0.1, -0.05) is 30.3 Å². The number of aromatic amines is 1. The first-order valence-corrected chi connectivity index (χ1v) is 9.19. The molecule has 7 heteroatoms. The monoisotopic (exact) mass is 367 g/mol. The predicted molar refractivity (Wildman–Crippen MR) is 96.9 cm³/mol. The molecule has 132 valence electrons. The SMILES string of the molecule is O=C(OCC(=O)N1CCc2sccc2C1c1ccccc1)c1ccn[nH]1. The summed E-state index contributed by atoms with van der Waals surface area (Å²) in [7, 11) is 0. The molecule has 1 aliphatic heterocycles. The van der Waals surface area contributed by atoms with E-state index in [-0.39, 0.29) is 24.2 Å². The summed E-state index contributed by atoms with van der Waals surface area (Å²) < 4.78 is 5.16. The number of carbonyl (C=O) groups is 2. The normalized spacial score (nSPS) is 16.2. The number of carbonyl (C=O) groups excluding carboxylic acids is 2. The van der Waals surface area contributed by atoms with Crippen LogP contribution in [0.1, 0.15) is 32.5 Å². The molecule has 26 heavy (non-hydrogen) atoms. The van der Waals surface area contributed by atoms with Crippen LogP contribution in [0.2, 0.25) is 0 Å². The van der Waals surface area contributed by atoms with Crippen molar-refractivity contribution in [2.75, 3.05) is 13.2 Å². The summed E-state index contributed by atoms with van der Waals surface area (Å²) in [4.78, 5) is 27.9. The molecule has 1 aromatic carbocycles. The Kier molecular flexibility index (Phi) is 4.53. The van der Waals surface area contributed by atoms with Crippen molar-refractivity contribution in [1.82, 2.24) is 15.1 Å². The Morgan fingerprint density at radius 2 is 2.08 bits per heavy atom. The molecule has 1 aliphatic rings. The van der Waals surface area contributed by atoms with E-state index in [1.165, 1.54) is 17.1 Å². The Labute approximate surface area is 154 Å². The lowest BCUT2D eigenvalue weighted by atomic mass is 9.93. The van der Waals surface area contributed by atoms with Crippen LogP contribution in [0.3, 0.4) is 0 Å². The highest BCUT2D eigenvalue weighted by atomic mass is 32.1. The summed E-state index contributed by atoms with van der Waals surface area (Å²) in [6, 6.07) is 13.4. The quantitative estimate of drug-likeness (QED) is 0.720. The van der Waals surface area contributed by atoms with E-state index >= 15 is 0 Å². The zero-order valence-corrected chi connectivity index (χ0v) is 14.7. The molecule has 0 saturated heterocycles. The predicted octanol–water partition coefficient (Wildman–Crippen LogP) is 2.80. The summed E-state index contributed by atoms with van der Waals surface area (Å²) in [5.74, 6) is -0.788. The van der Waals surface area contributed by atoms with Crippen molar-refractivity contribution in [1.29, 1.82) is 0 Å². The highest BCUT2D eigenvalue weighted by Gasteiger charge is 2.33. The zero-order valence-electron chi connectivity index (χ0n) is 13.9. The third-order valence-corrected chi connectivity index (χ3v) is 5.45. The number of nitrogens with zero attached hydrogens (tertiary/aromatic N) is 2. The summed E-state index contributed by atoms with van der Waals surface area (Å²) in [6.07, 6.45) is 2.28. The van der Waals surface area contributed by atoms with Gasteiger partial charge in [-0.2, -0.15) is 5.10 Å². The number of aromatic nitrogens is 2. The highest BCUT2D eigenvalue weighted by Crippen LogP contribution is 2.37. The number of rotatable bonds is 4. The van der Waals surface area contributed by atoms with Crippen molar-refractivity contribution in [2.45, 2.75) is 12.5 Å². The lowest BCUT2D eigenvalue weighted by molar-refractivity contribution is -0.136. The van der Waals surface area contributed by atoms with Gasteiger partial charge in [0.15, 0.2) is 6.61 Å². The number of thiophene rings is 1. The lowest BCUT2D eigenvalue weighted by Crippen LogP contribution is -2.42. The van der Waals surface area contributed by atoms with Crippen LogP contribution in [-0.2, 0) is 16.0 Å². The maximum absolute atomic E-state index is 12.8. The van der Waals surface area contributed by atoms with Crippen LogP contribution in [0.4, 0.5) is 0 Å². The summed E-state index contributed by atoms with van der Waals surface area (Å²) in [5, 5.41) is 8.31. The minimum Gasteiger partial charge on any atom is -0.451 e. The first-order valence-electron chi connectivity index (χ1n) is 8.31. The van der Waals surface area contributed by atoms with E-state index in [9.17, 15) is 9.59 Å². The van der Waals surface area contributed by atoms with E-state index in [1.54, 1.807) is 16.2 Å². The third-order valence-electron chi connectivity index (χ3n) is 4.45. The van der Waals surface area contributed by atoms with Crippen LogP contribution in [0, 0.1) is 0 Å².